The van der Waals surface area contributed by atoms with Crippen LogP contribution in [-0.2, 0) is 9.53 Å². The van der Waals surface area contributed by atoms with Crippen LogP contribution in [0.1, 0.15) is 44.0 Å². The number of carbonyl (C=O) groups excluding carboxylic acids is 1. The SMILES string of the molecule is O=C(CCCCCOC(O)c1c(Cl)c(Cl)c(Cl)c(Cl)c1-c1c2cc(I)c(=O)c(I)c-2oc2c(I)c(O)c(I)cc12)NCCCNCl. The number of halogens is 9. The monoisotopic (exact) mass is 1180 g/mol. The maximum Gasteiger partial charge on any atom is 0.219 e. The zero-order chi connectivity index (χ0) is 33.9. The van der Waals surface area contributed by atoms with Crippen molar-refractivity contribution in [2.45, 2.75) is 38.4 Å². The number of carbonyl (C=O) groups is 1. The number of hydrogen-bond donors (Lipinski definition) is 4. The van der Waals surface area contributed by atoms with Crippen LogP contribution in [0, 0.1) is 14.3 Å². The molecule has 0 spiro atoms. The largest absolute Gasteiger partial charge is 0.506 e. The number of hydrogen-bond acceptors (Lipinski definition) is 7. The molecule has 1 atom stereocenters. The van der Waals surface area contributed by atoms with Crippen molar-refractivity contribution in [2.24, 2.45) is 0 Å². The lowest BCUT2D eigenvalue weighted by Crippen LogP contribution is -2.25. The van der Waals surface area contributed by atoms with E-state index in [0.29, 0.717) is 75.1 Å². The molecule has 2 aromatic rings. The Labute approximate surface area is 343 Å². The number of phenolic OH excluding ortho intramolecular Hbond substituents is 1. The van der Waals surface area contributed by atoms with E-state index in [1.54, 1.807) is 12.1 Å². The highest BCUT2D eigenvalue weighted by Gasteiger charge is 2.32. The van der Waals surface area contributed by atoms with Gasteiger partial charge in [-0.05, 0) is 134 Å². The van der Waals surface area contributed by atoms with Gasteiger partial charge in [-0.15, -0.1) is 0 Å². The third kappa shape index (κ3) is 8.57. The summed E-state index contributed by atoms with van der Waals surface area (Å²) < 4.78 is 13.8. The van der Waals surface area contributed by atoms with Crippen LogP contribution >= 0.6 is 149 Å². The van der Waals surface area contributed by atoms with Crippen LogP contribution < -0.4 is 15.6 Å². The van der Waals surface area contributed by atoms with Crippen LogP contribution in [0.15, 0.2) is 21.3 Å². The van der Waals surface area contributed by atoms with Crippen molar-refractivity contribution in [2.75, 3.05) is 19.7 Å². The topological polar surface area (TPSA) is 121 Å². The number of benzene rings is 3. The van der Waals surface area contributed by atoms with Gasteiger partial charge in [0, 0.05) is 47.2 Å². The number of unbranched alkanes of at least 4 members (excludes halogenated alkanes) is 2. The molecule has 8 nitrogen and oxygen atoms in total. The summed E-state index contributed by atoms with van der Waals surface area (Å²) in [6, 6.07) is 3.38. The van der Waals surface area contributed by atoms with Gasteiger partial charge in [-0.2, -0.15) is 0 Å². The first-order valence-electron chi connectivity index (χ1n) is 13.5. The molecule has 1 aliphatic carbocycles. The maximum atomic E-state index is 13.0. The fourth-order valence-corrected chi connectivity index (χ4v) is 9.47. The van der Waals surface area contributed by atoms with Gasteiger partial charge in [-0.1, -0.05) is 52.8 Å². The van der Waals surface area contributed by atoms with Crippen molar-refractivity contribution < 1.29 is 24.2 Å². The van der Waals surface area contributed by atoms with Gasteiger partial charge in [0.1, 0.15) is 9.32 Å². The summed E-state index contributed by atoms with van der Waals surface area (Å²) in [5.41, 5.74) is 1.34. The van der Waals surface area contributed by atoms with Gasteiger partial charge in [-0.25, -0.2) is 4.84 Å². The van der Waals surface area contributed by atoms with Crippen molar-refractivity contribution in [1.29, 1.82) is 0 Å². The Morgan fingerprint density at radius 3 is 2.28 bits per heavy atom. The molecule has 1 aliphatic heterocycles. The predicted molar refractivity (Wildman–Crippen MR) is 218 cm³/mol. The zero-order valence-electron chi connectivity index (χ0n) is 23.3. The quantitative estimate of drug-likeness (QED) is 0.0200. The summed E-state index contributed by atoms with van der Waals surface area (Å²) in [6.07, 6.45) is 1.38. The third-order valence-electron chi connectivity index (χ3n) is 6.92. The van der Waals surface area contributed by atoms with Gasteiger partial charge in [0.2, 0.25) is 11.3 Å². The lowest BCUT2D eigenvalue weighted by molar-refractivity contribution is -0.121. The first-order valence-corrected chi connectivity index (χ1v) is 19.7. The summed E-state index contributed by atoms with van der Waals surface area (Å²) in [7, 11) is 0. The van der Waals surface area contributed by atoms with Crippen LogP contribution in [0.4, 0.5) is 0 Å². The zero-order valence-corrected chi connectivity index (χ0v) is 35.7. The average Bonchev–Trinajstić information content (AvgIpc) is 3.03. The summed E-state index contributed by atoms with van der Waals surface area (Å²) in [5.74, 6) is 0.220. The van der Waals surface area contributed by atoms with Crippen LogP contribution in [0.5, 0.6) is 5.75 Å². The predicted octanol–water partition coefficient (Wildman–Crippen LogP) is 10.1. The number of rotatable bonds is 13. The molecule has 248 valence electrons. The molecule has 0 fully saturated rings. The molecule has 1 amide bonds. The van der Waals surface area contributed by atoms with Gasteiger partial charge in [0.25, 0.3) is 0 Å². The number of phenols is 1. The van der Waals surface area contributed by atoms with Crippen LogP contribution in [0.2, 0.25) is 20.1 Å². The van der Waals surface area contributed by atoms with Crippen LogP contribution in [-0.4, -0.2) is 35.8 Å². The molecule has 2 aliphatic rings. The van der Waals surface area contributed by atoms with E-state index in [4.69, 9.17) is 67.3 Å². The summed E-state index contributed by atoms with van der Waals surface area (Å²) in [5, 5.41) is 25.4. The van der Waals surface area contributed by atoms with Crippen molar-refractivity contribution in [3.05, 3.63) is 62.3 Å². The first kappa shape index (κ1) is 39.4. The molecule has 4 N–H and O–H groups in total. The minimum absolute atomic E-state index is 0.00432. The first-order chi connectivity index (χ1) is 21.8. The van der Waals surface area contributed by atoms with E-state index in [1.807, 2.05) is 90.4 Å². The van der Waals surface area contributed by atoms with E-state index >= 15 is 0 Å². The summed E-state index contributed by atoms with van der Waals surface area (Å²) in [4.78, 5) is 27.5. The van der Waals surface area contributed by atoms with Gasteiger partial charge in [-0.3, -0.25) is 9.59 Å². The number of aliphatic hydroxyl groups is 1. The van der Waals surface area contributed by atoms with E-state index in [1.165, 1.54) is 0 Å². The molecular weight excluding hydrogens is 1160 g/mol. The fraction of sp³-hybridized carbons (Fsp3) is 0.310. The van der Waals surface area contributed by atoms with Gasteiger partial charge in [0.05, 0.1) is 37.4 Å². The molecular formula is C29H23Cl5I4N2O6. The van der Waals surface area contributed by atoms with Gasteiger partial charge < -0.3 is 24.7 Å². The van der Waals surface area contributed by atoms with E-state index in [-0.39, 0.29) is 60.7 Å². The Kier molecular flexibility index (Phi) is 15.2. The Bertz CT molecular complexity index is 1830. The van der Waals surface area contributed by atoms with E-state index in [0.717, 1.165) is 6.42 Å². The highest BCUT2D eigenvalue weighted by molar-refractivity contribution is 14.1. The molecule has 0 saturated carbocycles. The molecule has 1 heterocycles. The smallest absolute Gasteiger partial charge is 0.219 e. The molecule has 0 aromatic heterocycles. The number of ether oxygens (including phenoxy) is 1. The molecule has 0 saturated heterocycles. The Balaban J connectivity index is 1.75. The minimum atomic E-state index is -1.58. The Morgan fingerprint density at radius 2 is 1.59 bits per heavy atom. The standard InChI is InChI=1S/C29H23Cl5I4N2O6/c30-19-17(16-11-9-13(35)25(42)23(37)27(11)46-28-12(16)10-14(36)26(43)24(28)38)18(20(31)22(33)21(19)32)29(44)45-8-3-1-2-5-15(41)39-6-4-7-40-34/h9-10,29,40,42,44H,1-8H2,(H,39,41). The van der Waals surface area contributed by atoms with Crippen molar-refractivity contribution in [1.82, 2.24) is 10.2 Å². The van der Waals surface area contributed by atoms with Crippen molar-refractivity contribution in [3.8, 4) is 28.2 Å². The van der Waals surface area contributed by atoms with E-state index in [2.05, 4.69) is 10.2 Å². The lowest BCUT2D eigenvalue weighted by Gasteiger charge is -2.25. The van der Waals surface area contributed by atoms with Crippen LogP contribution in [0.3, 0.4) is 0 Å². The highest BCUT2D eigenvalue weighted by Crippen LogP contribution is 2.54. The minimum Gasteiger partial charge on any atom is -0.506 e. The molecule has 2 aromatic carbocycles. The second-order valence-electron chi connectivity index (χ2n) is 9.92. The number of fused-ring (bicyclic) bond motifs is 2. The second-order valence-corrected chi connectivity index (χ2v) is 16.2. The lowest BCUT2D eigenvalue weighted by atomic mass is 9.90. The summed E-state index contributed by atoms with van der Waals surface area (Å²) in [6.45, 7) is 1.28. The van der Waals surface area contributed by atoms with Gasteiger partial charge >= 0.3 is 0 Å². The fourth-order valence-electron chi connectivity index (χ4n) is 4.70. The summed E-state index contributed by atoms with van der Waals surface area (Å²) >= 11 is 40.1. The third-order valence-corrected chi connectivity index (χ3v) is 12.5. The highest BCUT2D eigenvalue weighted by atomic mass is 127. The van der Waals surface area contributed by atoms with Gasteiger partial charge in [0.15, 0.2) is 17.6 Å². The molecule has 0 radical (unpaired) electrons. The Morgan fingerprint density at radius 1 is 0.891 bits per heavy atom. The van der Waals surface area contributed by atoms with E-state index in [9.17, 15) is 19.8 Å². The number of amides is 1. The number of aliphatic hydroxyl groups excluding tert-OH is 1. The van der Waals surface area contributed by atoms with Crippen molar-refractivity contribution in [3.63, 3.8) is 0 Å². The van der Waals surface area contributed by atoms with Crippen LogP contribution in [0.25, 0.3) is 33.4 Å². The number of aromatic hydroxyl groups is 1. The molecule has 17 heteroatoms. The van der Waals surface area contributed by atoms with E-state index < -0.39 is 6.29 Å². The normalized spacial score (nSPS) is 12.3. The molecule has 4 rings (SSSR count). The molecule has 0 bridgehead atoms. The van der Waals surface area contributed by atoms with Crippen molar-refractivity contribution >= 4 is 165 Å². The maximum absolute atomic E-state index is 13.0. The molecule has 1 unspecified atom stereocenters. The second kappa shape index (κ2) is 17.7. The average molecular weight is 1180 g/mol. The Hall–Kier alpha value is 0.650. The number of nitrogens with one attached hydrogen (secondary N) is 2. The molecule has 46 heavy (non-hydrogen) atoms.